The Labute approximate surface area is 311 Å². The van der Waals surface area contributed by atoms with E-state index < -0.39 is 58.7 Å². The van der Waals surface area contributed by atoms with Gasteiger partial charge in [-0.1, -0.05) is 90.9 Å². The summed E-state index contributed by atoms with van der Waals surface area (Å²) in [6.07, 6.45) is 0.576. The van der Waals surface area contributed by atoms with Crippen LogP contribution in [0.3, 0.4) is 0 Å². The summed E-state index contributed by atoms with van der Waals surface area (Å²) in [4.78, 5) is 58.6. The zero-order chi connectivity index (χ0) is 38.8. The molecule has 0 aliphatic heterocycles. The van der Waals surface area contributed by atoms with Crippen molar-refractivity contribution in [3.05, 3.63) is 76.7 Å². The second kappa shape index (κ2) is 18.6. The maximum atomic E-state index is 15.0. The summed E-state index contributed by atoms with van der Waals surface area (Å²) in [7, 11) is 2.73. The molecule has 0 unspecified atom stereocenters. The number of ether oxygens (including phenoxy) is 1. The van der Waals surface area contributed by atoms with Crippen LogP contribution in [0.1, 0.15) is 77.4 Å². The lowest BCUT2D eigenvalue weighted by Gasteiger charge is -2.34. The molecule has 10 nitrogen and oxygen atoms in total. The number of amides is 3. The van der Waals surface area contributed by atoms with Crippen molar-refractivity contribution < 1.29 is 33.4 Å². The molecule has 5 atom stereocenters. The molecule has 0 aliphatic rings. The van der Waals surface area contributed by atoms with E-state index in [0.29, 0.717) is 5.56 Å². The number of hydrogen-bond donors (Lipinski definition) is 4. The Kier molecular flexibility index (Phi) is 15.1. The third kappa shape index (κ3) is 11.9. The number of carbonyl (C=O) groups excluding carboxylic acids is 4. The van der Waals surface area contributed by atoms with Gasteiger partial charge in [0, 0.05) is 31.5 Å². The Morgan fingerprint density at radius 1 is 0.923 bits per heavy atom. The summed E-state index contributed by atoms with van der Waals surface area (Å²) in [5.41, 5.74) is 0.821. The van der Waals surface area contributed by atoms with Crippen molar-refractivity contribution in [2.24, 2.45) is 22.7 Å². The number of alkyl carbamates (subject to hydrolysis) is 1. The smallest absolute Gasteiger partial charge is 0.407 e. The molecule has 3 aromatic rings. The highest BCUT2D eigenvalue weighted by atomic mass is 32.1. The monoisotopic (exact) mass is 738 g/mol. The van der Waals surface area contributed by atoms with Crippen LogP contribution in [0.5, 0.6) is 0 Å². The molecule has 1 heterocycles. The molecule has 3 amide bonds. The number of thiazole rings is 1. The van der Waals surface area contributed by atoms with Gasteiger partial charge in [0.05, 0.1) is 29.1 Å². The van der Waals surface area contributed by atoms with Crippen molar-refractivity contribution in [2.45, 2.75) is 98.8 Å². The maximum absolute atomic E-state index is 15.0. The van der Waals surface area contributed by atoms with E-state index >= 15 is 0 Å². The molecule has 0 bridgehead atoms. The summed E-state index contributed by atoms with van der Waals surface area (Å²) >= 11 is 1.61. The zero-order valence-electron chi connectivity index (χ0n) is 31.8. The van der Waals surface area contributed by atoms with Gasteiger partial charge < -0.3 is 25.8 Å². The van der Waals surface area contributed by atoms with E-state index in [1.807, 2.05) is 51.2 Å². The van der Waals surface area contributed by atoms with E-state index in [-0.39, 0.29) is 37.4 Å². The minimum Gasteiger partial charge on any atom is -0.453 e. The van der Waals surface area contributed by atoms with Crippen molar-refractivity contribution in [1.29, 1.82) is 0 Å². The number of hydrogen-bond acceptors (Lipinski definition) is 8. The average Bonchev–Trinajstić information content (AvgIpc) is 3.58. The Morgan fingerprint density at radius 3 is 2.12 bits per heavy atom. The number of rotatable bonds is 16. The predicted molar refractivity (Wildman–Crippen MR) is 202 cm³/mol. The first-order chi connectivity index (χ1) is 24.4. The third-order valence-electron chi connectivity index (χ3n) is 9.34. The van der Waals surface area contributed by atoms with Crippen LogP contribution in [0.2, 0.25) is 0 Å². The summed E-state index contributed by atoms with van der Waals surface area (Å²) < 4.78 is 19.7. The fraction of sp³-hybridized carbons (Fsp3) is 0.525. The molecule has 0 aliphatic carbocycles. The number of halogens is 1. The molecule has 0 radical (unpaired) electrons. The van der Waals surface area contributed by atoms with Crippen molar-refractivity contribution in [3.63, 3.8) is 0 Å². The molecule has 1 aromatic heterocycles. The number of nitrogens with zero attached hydrogens (tertiary/aromatic N) is 1. The molecule has 12 heteroatoms. The highest BCUT2D eigenvalue weighted by Crippen LogP contribution is 2.32. The van der Waals surface area contributed by atoms with Crippen molar-refractivity contribution in [3.8, 4) is 10.4 Å². The van der Waals surface area contributed by atoms with Crippen LogP contribution < -0.4 is 16.0 Å². The number of aliphatic hydroxyl groups is 1. The summed E-state index contributed by atoms with van der Waals surface area (Å²) in [6.45, 7) is 13.1. The fourth-order valence-electron chi connectivity index (χ4n) is 6.12. The van der Waals surface area contributed by atoms with E-state index in [0.717, 1.165) is 27.4 Å². The highest BCUT2D eigenvalue weighted by molar-refractivity contribution is 7.15. The van der Waals surface area contributed by atoms with Gasteiger partial charge in [-0.3, -0.25) is 14.4 Å². The zero-order valence-corrected chi connectivity index (χ0v) is 32.7. The lowest BCUT2D eigenvalue weighted by molar-refractivity contribution is -0.134. The van der Waals surface area contributed by atoms with E-state index in [9.17, 15) is 28.7 Å². The van der Waals surface area contributed by atoms with Gasteiger partial charge in [-0.15, -0.1) is 11.3 Å². The van der Waals surface area contributed by atoms with Crippen LogP contribution in [0, 0.1) is 28.5 Å². The Morgan fingerprint density at radius 2 is 1.58 bits per heavy atom. The summed E-state index contributed by atoms with van der Waals surface area (Å²) in [6, 6.07) is 12.0. The Balaban J connectivity index is 2.00. The van der Waals surface area contributed by atoms with Crippen molar-refractivity contribution in [1.82, 2.24) is 20.9 Å². The van der Waals surface area contributed by atoms with Gasteiger partial charge >= 0.3 is 6.09 Å². The van der Waals surface area contributed by atoms with E-state index in [2.05, 4.69) is 27.9 Å². The topological polar surface area (TPSA) is 147 Å². The van der Waals surface area contributed by atoms with Crippen LogP contribution >= 0.6 is 11.3 Å². The first kappa shape index (κ1) is 42.3. The number of carbonyl (C=O) groups is 4. The third-order valence-corrected chi connectivity index (χ3v) is 10.5. The SMILES string of the molecule is CCc1ncc(-c2ccc(C[C@H](NC(=O)[C@@H](NC(=O)OC)C(C)(C)C)[C@@H](O)C[C@@H](Cc3ccccc3F)C(=O)C[C@H](C(=O)NC)C(C)(C)C)cc2)s1. The Hall–Kier alpha value is -4.16. The second-order valence-electron chi connectivity index (χ2n) is 15.4. The number of benzene rings is 2. The molecule has 52 heavy (non-hydrogen) atoms. The van der Waals surface area contributed by atoms with Crippen molar-refractivity contribution in [2.75, 3.05) is 14.2 Å². The largest absolute Gasteiger partial charge is 0.453 e. The highest BCUT2D eigenvalue weighted by Gasteiger charge is 2.38. The Bertz CT molecular complexity index is 1660. The van der Waals surface area contributed by atoms with Gasteiger partial charge in [0.25, 0.3) is 0 Å². The molecule has 3 rings (SSSR count). The number of aromatic nitrogens is 1. The van der Waals surface area contributed by atoms with E-state index in [1.54, 1.807) is 50.3 Å². The number of Topliss-reactive ketones (excluding diaryl/α,β-unsaturated/α-hetero) is 1. The molecular formula is C40H55FN4O6S. The first-order valence-electron chi connectivity index (χ1n) is 17.7. The van der Waals surface area contributed by atoms with Crippen LogP contribution in [0.25, 0.3) is 10.4 Å². The van der Waals surface area contributed by atoms with Gasteiger partial charge in [-0.05, 0) is 59.3 Å². The predicted octanol–water partition coefficient (Wildman–Crippen LogP) is 6.29. The van der Waals surface area contributed by atoms with E-state index in [1.165, 1.54) is 20.2 Å². The molecular weight excluding hydrogens is 684 g/mol. The lowest BCUT2D eigenvalue weighted by Crippen LogP contribution is -2.57. The van der Waals surface area contributed by atoms with Gasteiger partial charge in [0.1, 0.15) is 17.6 Å². The minimum absolute atomic E-state index is 0.00829. The minimum atomic E-state index is -1.27. The molecule has 284 valence electrons. The van der Waals surface area contributed by atoms with Crippen LogP contribution in [-0.4, -0.2) is 66.1 Å². The van der Waals surface area contributed by atoms with Gasteiger partial charge in [-0.2, -0.15) is 0 Å². The number of aliphatic hydroxyl groups excluding tert-OH is 1. The average molecular weight is 739 g/mol. The second-order valence-corrected chi connectivity index (χ2v) is 16.5. The first-order valence-corrected chi connectivity index (χ1v) is 18.5. The molecule has 4 N–H and O–H groups in total. The molecule has 0 saturated heterocycles. The van der Waals surface area contributed by atoms with Gasteiger partial charge in [-0.25, -0.2) is 14.2 Å². The number of aryl methyl sites for hydroxylation is 1. The van der Waals surface area contributed by atoms with Gasteiger partial charge in [0.2, 0.25) is 11.8 Å². The number of methoxy groups -OCH3 is 1. The normalized spacial score (nSPS) is 14.8. The van der Waals surface area contributed by atoms with Crippen LogP contribution in [0.15, 0.2) is 54.7 Å². The quantitative estimate of drug-likeness (QED) is 0.135. The van der Waals surface area contributed by atoms with Crippen LogP contribution in [-0.2, 0) is 38.4 Å². The summed E-state index contributed by atoms with van der Waals surface area (Å²) in [5, 5.41) is 21.2. The standard InChI is InChI=1S/C40H55FN4O6S/c1-10-34-43-23-33(52-34)25-17-15-24(16-18-25)19-30(44-37(49)35(40(5,6)7)45-38(50)51-9)32(47)21-27(20-26-13-11-12-14-29(26)41)31(46)22-28(36(48)42-8)39(2,3)4/h11-18,23,27-28,30,32,35,47H,10,19-22H2,1-9H3,(H,42,48)(H,44,49)(H,45,50)/t27-,28-,30+,32+,35-/m1/s1. The molecule has 2 aromatic carbocycles. The summed E-state index contributed by atoms with van der Waals surface area (Å²) in [5.74, 6) is -3.14. The fourth-order valence-corrected chi connectivity index (χ4v) is 6.98. The molecule has 0 saturated carbocycles. The molecule has 0 spiro atoms. The number of nitrogens with one attached hydrogen (secondary N) is 3. The van der Waals surface area contributed by atoms with Crippen LogP contribution in [0.4, 0.5) is 9.18 Å². The lowest BCUT2D eigenvalue weighted by atomic mass is 9.74. The maximum Gasteiger partial charge on any atom is 0.407 e. The van der Waals surface area contributed by atoms with Crippen molar-refractivity contribution >= 4 is 35.0 Å². The van der Waals surface area contributed by atoms with E-state index in [4.69, 9.17) is 4.74 Å². The number of ketones is 1. The molecule has 0 fully saturated rings. The van der Waals surface area contributed by atoms with Gasteiger partial charge in [0.15, 0.2) is 0 Å².